The molecule has 0 spiro atoms. The van der Waals surface area contributed by atoms with Gasteiger partial charge in [0.15, 0.2) is 0 Å². The van der Waals surface area contributed by atoms with Crippen LogP contribution in [0.1, 0.15) is 89.4 Å². The van der Waals surface area contributed by atoms with Gasteiger partial charge in [-0.05, 0) is 84.6 Å². The monoisotopic (exact) mass is 548 g/mol. The first kappa shape index (κ1) is 26.2. The zero-order chi connectivity index (χ0) is 27.1. The lowest BCUT2D eigenvalue weighted by Gasteiger charge is -2.25. The molecule has 0 bridgehead atoms. The van der Waals surface area contributed by atoms with Gasteiger partial charge >= 0.3 is 6.03 Å². The summed E-state index contributed by atoms with van der Waals surface area (Å²) >= 11 is 1.69. The van der Waals surface area contributed by atoms with Crippen molar-refractivity contribution in [3.05, 3.63) is 23.7 Å². The summed E-state index contributed by atoms with van der Waals surface area (Å²) in [5, 5.41) is 14.3. The number of hydrogen-bond donors (Lipinski definition) is 4. The van der Waals surface area contributed by atoms with E-state index in [0.29, 0.717) is 17.8 Å². The lowest BCUT2D eigenvalue weighted by molar-refractivity contribution is 0.228. The van der Waals surface area contributed by atoms with E-state index in [1.807, 2.05) is 27.0 Å². The maximum absolute atomic E-state index is 12.4. The van der Waals surface area contributed by atoms with Crippen molar-refractivity contribution in [3.63, 3.8) is 0 Å². The fourth-order valence-electron chi connectivity index (χ4n) is 5.58. The van der Waals surface area contributed by atoms with E-state index in [1.54, 1.807) is 11.3 Å². The minimum absolute atomic E-state index is 0.108. The van der Waals surface area contributed by atoms with Crippen molar-refractivity contribution in [2.24, 2.45) is 5.92 Å². The molecule has 208 valence electrons. The summed E-state index contributed by atoms with van der Waals surface area (Å²) in [6.45, 7) is 8.94. The molecule has 0 aliphatic heterocycles. The number of pyridine rings is 1. The number of carbonyl (C=O) groups excluding carboxylic acids is 1. The number of rotatable bonds is 8. The molecule has 3 aromatic rings. The third kappa shape index (κ3) is 6.10. The van der Waals surface area contributed by atoms with Crippen LogP contribution in [-0.4, -0.2) is 50.1 Å². The number of aromatic nitrogens is 4. The molecule has 10 heteroatoms. The van der Waals surface area contributed by atoms with Crippen molar-refractivity contribution in [2.75, 3.05) is 17.2 Å². The van der Waals surface area contributed by atoms with Gasteiger partial charge in [0.2, 0.25) is 5.95 Å². The Morgan fingerprint density at radius 1 is 1.05 bits per heavy atom. The molecule has 3 aromatic heterocycles. The lowest BCUT2D eigenvalue weighted by atomic mass is 9.85. The molecule has 3 aliphatic carbocycles. The molecule has 0 aromatic carbocycles. The van der Waals surface area contributed by atoms with E-state index in [0.717, 1.165) is 63.8 Å². The number of nitrogens with zero attached hydrogens (tertiary/aromatic N) is 4. The largest absolute Gasteiger partial charge is 0.366 e. The van der Waals surface area contributed by atoms with Gasteiger partial charge in [-0.1, -0.05) is 6.42 Å². The Morgan fingerprint density at radius 3 is 2.56 bits per heavy atom. The Balaban J connectivity index is 1.26. The van der Waals surface area contributed by atoms with E-state index >= 15 is 0 Å². The molecule has 4 N–H and O–H groups in total. The second kappa shape index (κ2) is 10.5. The second-order valence-electron chi connectivity index (χ2n) is 12.6. The first-order valence-electron chi connectivity index (χ1n) is 14.5. The molecule has 9 nitrogen and oxygen atoms in total. The fraction of sp³-hybridized carbons (Fsp3) is 0.621. The molecule has 3 fully saturated rings. The molecular formula is C29H40N8OS. The first-order valence-corrected chi connectivity index (χ1v) is 15.3. The number of anilines is 2. The van der Waals surface area contributed by atoms with Crippen molar-refractivity contribution >= 4 is 39.4 Å². The highest BCUT2D eigenvalue weighted by Gasteiger charge is 2.31. The number of fused-ring (bicyclic) bond motifs is 1. The Kier molecular flexibility index (Phi) is 7.07. The number of thiazole rings is 1. The summed E-state index contributed by atoms with van der Waals surface area (Å²) in [5.41, 5.74) is 3.77. The third-order valence-electron chi connectivity index (χ3n) is 7.97. The van der Waals surface area contributed by atoms with Gasteiger partial charge in [-0.25, -0.2) is 14.8 Å². The zero-order valence-corrected chi connectivity index (χ0v) is 24.2. The molecule has 2 atom stereocenters. The third-order valence-corrected chi connectivity index (χ3v) is 9.01. The van der Waals surface area contributed by atoms with Gasteiger partial charge in [-0.3, -0.25) is 4.98 Å². The van der Waals surface area contributed by atoms with Gasteiger partial charge in [0.1, 0.15) is 16.3 Å². The van der Waals surface area contributed by atoms with E-state index < -0.39 is 0 Å². The summed E-state index contributed by atoms with van der Waals surface area (Å²) in [6.07, 6.45) is 10.9. The summed E-state index contributed by atoms with van der Waals surface area (Å²) in [4.78, 5) is 32.1. The lowest BCUT2D eigenvalue weighted by Crippen LogP contribution is -2.49. The predicted octanol–water partition coefficient (Wildman–Crippen LogP) is 5.98. The van der Waals surface area contributed by atoms with Crippen molar-refractivity contribution < 1.29 is 4.79 Å². The van der Waals surface area contributed by atoms with Crippen LogP contribution in [0.2, 0.25) is 0 Å². The number of aryl methyl sites for hydroxylation is 1. The average Bonchev–Trinajstić information content (AvgIpc) is 3.43. The Labute approximate surface area is 234 Å². The Bertz CT molecular complexity index is 1360. The van der Waals surface area contributed by atoms with Crippen LogP contribution in [0.3, 0.4) is 0 Å². The maximum Gasteiger partial charge on any atom is 0.315 e. The highest BCUT2D eigenvalue weighted by Crippen LogP contribution is 2.44. The molecule has 39 heavy (non-hydrogen) atoms. The number of hydrogen-bond acceptors (Lipinski definition) is 8. The van der Waals surface area contributed by atoms with E-state index in [4.69, 9.17) is 15.0 Å². The Hall–Kier alpha value is -3.01. The first-order chi connectivity index (χ1) is 18.7. The van der Waals surface area contributed by atoms with Crippen molar-refractivity contribution in [1.29, 1.82) is 0 Å². The van der Waals surface area contributed by atoms with Crippen LogP contribution in [0, 0.1) is 12.8 Å². The quantitative estimate of drug-likeness (QED) is 0.274. The molecule has 3 saturated carbocycles. The molecule has 0 unspecified atom stereocenters. The summed E-state index contributed by atoms with van der Waals surface area (Å²) in [5.74, 6) is 2.74. The molecule has 2 amide bonds. The summed E-state index contributed by atoms with van der Waals surface area (Å²) in [6, 6.07) is 2.29. The van der Waals surface area contributed by atoms with Crippen LogP contribution in [0.25, 0.3) is 20.8 Å². The van der Waals surface area contributed by atoms with Crippen LogP contribution >= 0.6 is 11.3 Å². The molecule has 6 rings (SSSR count). The highest BCUT2D eigenvalue weighted by atomic mass is 32.1. The fourth-order valence-corrected chi connectivity index (χ4v) is 6.65. The molecular weight excluding hydrogens is 508 g/mol. The number of amides is 2. The van der Waals surface area contributed by atoms with Crippen molar-refractivity contribution in [2.45, 2.75) is 103 Å². The molecule has 0 saturated heterocycles. The highest BCUT2D eigenvalue weighted by molar-refractivity contribution is 7.21. The van der Waals surface area contributed by atoms with Gasteiger partial charge in [0.05, 0.1) is 21.7 Å². The topological polar surface area (TPSA) is 117 Å². The van der Waals surface area contributed by atoms with Crippen LogP contribution in [0.15, 0.2) is 12.3 Å². The van der Waals surface area contributed by atoms with E-state index in [9.17, 15) is 4.79 Å². The standard InChI is InChI=1S/C29H40N8OS/c1-16-22(26-35-24-21(39-26)12-13-30-23(24)18-8-9-18)25(36-27(32-16)31-15-17-6-5-7-17)33-19-10-11-20(14-19)34-28(38)37-29(2,3)4/h12-13,17-20H,5-11,14-15H2,1-4H3,(H2,34,37,38)(H2,31,32,33,36)/t19-,20+/m0/s1. The van der Waals surface area contributed by atoms with E-state index in [2.05, 4.69) is 39.2 Å². The van der Waals surface area contributed by atoms with Crippen LogP contribution in [0.5, 0.6) is 0 Å². The summed E-state index contributed by atoms with van der Waals surface area (Å²) < 4.78 is 1.16. The minimum atomic E-state index is -0.261. The zero-order valence-electron chi connectivity index (χ0n) is 23.4. The van der Waals surface area contributed by atoms with Gasteiger partial charge < -0.3 is 21.3 Å². The van der Waals surface area contributed by atoms with Gasteiger partial charge in [-0.15, -0.1) is 11.3 Å². The summed E-state index contributed by atoms with van der Waals surface area (Å²) in [7, 11) is 0. The second-order valence-corrected chi connectivity index (χ2v) is 13.6. The smallest absolute Gasteiger partial charge is 0.315 e. The van der Waals surface area contributed by atoms with Crippen LogP contribution in [-0.2, 0) is 0 Å². The SMILES string of the molecule is Cc1nc(NCC2CCC2)nc(N[C@H]2CC[C@@H](NC(=O)NC(C)(C)C)C2)c1-c1nc2c(C3CC3)nccc2s1. The normalized spacial score (nSPS) is 21.5. The van der Waals surface area contributed by atoms with Crippen molar-refractivity contribution in [3.8, 4) is 10.6 Å². The Morgan fingerprint density at radius 2 is 1.85 bits per heavy atom. The van der Waals surface area contributed by atoms with E-state index in [1.165, 1.54) is 32.1 Å². The van der Waals surface area contributed by atoms with Crippen LogP contribution < -0.4 is 21.3 Å². The molecule has 3 heterocycles. The minimum Gasteiger partial charge on any atom is -0.366 e. The van der Waals surface area contributed by atoms with Crippen LogP contribution in [0.4, 0.5) is 16.6 Å². The van der Waals surface area contributed by atoms with Gasteiger partial charge in [-0.2, -0.15) is 4.98 Å². The maximum atomic E-state index is 12.4. The number of urea groups is 1. The van der Waals surface area contributed by atoms with Gasteiger partial charge in [0.25, 0.3) is 0 Å². The molecule has 0 radical (unpaired) electrons. The number of nitrogens with one attached hydrogen (secondary N) is 4. The van der Waals surface area contributed by atoms with Gasteiger partial charge in [0, 0.05) is 36.3 Å². The predicted molar refractivity (Wildman–Crippen MR) is 157 cm³/mol. The average molecular weight is 549 g/mol. The van der Waals surface area contributed by atoms with E-state index in [-0.39, 0.29) is 23.7 Å². The van der Waals surface area contributed by atoms with Crippen molar-refractivity contribution in [1.82, 2.24) is 30.6 Å². The number of carbonyl (C=O) groups is 1. The molecule has 3 aliphatic rings.